The fourth-order valence-electron chi connectivity index (χ4n) is 3.83. The molecule has 1 aliphatic heterocycles. The van der Waals surface area contributed by atoms with Crippen LogP contribution in [0.4, 0.5) is 5.69 Å². The Morgan fingerprint density at radius 1 is 0.903 bits per heavy atom. The highest BCUT2D eigenvalue weighted by Crippen LogP contribution is 2.33. The van der Waals surface area contributed by atoms with Crippen LogP contribution in [0.5, 0.6) is 5.75 Å². The summed E-state index contributed by atoms with van der Waals surface area (Å²) in [5.41, 5.74) is 2.19. The first-order valence-electron chi connectivity index (χ1n) is 10.6. The third-order valence-electron chi connectivity index (χ3n) is 5.18. The number of ether oxygens (including phenoxy) is 1. The van der Waals surface area contributed by atoms with E-state index in [-0.39, 0.29) is 17.9 Å². The average Bonchev–Trinajstić information content (AvgIpc) is 2.99. The molecule has 0 saturated heterocycles. The molecule has 158 valence electrons. The molecule has 5 heteroatoms. The second-order valence-corrected chi connectivity index (χ2v) is 7.85. The largest absolute Gasteiger partial charge is 0.491 e. The molecule has 0 fully saturated rings. The van der Waals surface area contributed by atoms with E-state index in [0.717, 1.165) is 22.2 Å². The molecule has 0 unspecified atom stereocenters. The lowest BCUT2D eigenvalue weighted by Gasteiger charge is -2.14. The number of rotatable bonds is 7. The molecule has 3 aromatic rings. The third-order valence-corrected chi connectivity index (χ3v) is 5.18. The van der Waals surface area contributed by atoms with Crippen molar-refractivity contribution < 1.29 is 14.3 Å². The maximum atomic E-state index is 13.2. The zero-order valence-corrected chi connectivity index (χ0v) is 18.0. The van der Waals surface area contributed by atoms with Gasteiger partial charge in [0.25, 0.3) is 11.8 Å². The van der Waals surface area contributed by atoms with Crippen molar-refractivity contribution in [3.63, 3.8) is 0 Å². The summed E-state index contributed by atoms with van der Waals surface area (Å²) in [6, 6.07) is 21.2. The van der Waals surface area contributed by atoms with Gasteiger partial charge in [-0.25, -0.2) is 0 Å². The number of hydrogen-bond acceptors (Lipinski definition) is 4. The van der Waals surface area contributed by atoms with E-state index in [2.05, 4.69) is 5.32 Å². The van der Waals surface area contributed by atoms with Gasteiger partial charge in [0.2, 0.25) is 0 Å². The summed E-state index contributed by atoms with van der Waals surface area (Å²) in [5.74, 6) is 0.162. The number of carbonyl (C=O) groups excluding carboxylic acids is 2. The fourth-order valence-corrected chi connectivity index (χ4v) is 3.83. The van der Waals surface area contributed by atoms with Crippen molar-refractivity contribution in [3.05, 3.63) is 78.0 Å². The minimum absolute atomic E-state index is 0.0587. The van der Waals surface area contributed by atoms with Gasteiger partial charge >= 0.3 is 0 Å². The maximum Gasteiger partial charge on any atom is 0.278 e. The number of amides is 2. The summed E-state index contributed by atoms with van der Waals surface area (Å²) < 4.78 is 5.72. The Hall–Kier alpha value is -3.60. The molecule has 31 heavy (non-hydrogen) atoms. The number of carbonyl (C=O) groups is 2. The summed E-state index contributed by atoms with van der Waals surface area (Å²) >= 11 is 0. The van der Waals surface area contributed by atoms with Gasteiger partial charge in [0, 0.05) is 17.6 Å². The smallest absolute Gasteiger partial charge is 0.278 e. The van der Waals surface area contributed by atoms with Gasteiger partial charge in [-0.15, -0.1) is 0 Å². The Bertz CT molecular complexity index is 1160. The summed E-state index contributed by atoms with van der Waals surface area (Å²) in [7, 11) is 0. The normalized spacial score (nSPS) is 14.1. The first-order valence-corrected chi connectivity index (χ1v) is 10.6. The van der Waals surface area contributed by atoms with Crippen LogP contribution < -0.4 is 10.1 Å². The molecular weight excluding hydrogens is 388 g/mol. The van der Waals surface area contributed by atoms with Crippen LogP contribution in [0.1, 0.15) is 32.8 Å². The van der Waals surface area contributed by atoms with Crippen LogP contribution in [-0.4, -0.2) is 29.4 Å². The molecule has 1 N–H and O–H groups in total. The summed E-state index contributed by atoms with van der Waals surface area (Å²) in [4.78, 5) is 27.7. The van der Waals surface area contributed by atoms with Crippen molar-refractivity contribution in [2.24, 2.45) is 0 Å². The number of nitrogens with zero attached hydrogens (tertiary/aromatic N) is 1. The highest BCUT2D eigenvalue weighted by atomic mass is 16.5. The van der Waals surface area contributed by atoms with Crippen molar-refractivity contribution in [1.82, 2.24) is 4.90 Å². The van der Waals surface area contributed by atoms with Crippen LogP contribution in [0.15, 0.2) is 72.4 Å². The van der Waals surface area contributed by atoms with Crippen LogP contribution in [0, 0.1) is 0 Å². The average molecular weight is 415 g/mol. The van der Waals surface area contributed by atoms with Gasteiger partial charge in [-0.3, -0.25) is 14.5 Å². The number of imide groups is 1. The van der Waals surface area contributed by atoms with Crippen molar-refractivity contribution >= 4 is 33.8 Å². The monoisotopic (exact) mass is 414 g/mol. The van der Waals surface area contributed by atoms with E-state index in [1.165, 1.54) is 4.90 Å². The third kappa shape index (κ3) is 4.04. The predicted molar refractivity (Wildman–Crippen MR) is 124 cm³/mol. The Morgan fingerprint density at radius 3 is 2.32 bits per heavy atom. The fraction of sp³-hybridized carbons (Fsp3) is 0.231. The summed E-state index contributed by atoms with van der Waals surface area (Å²) in [6.07, 6.45) is 0.761. The molecule has 1 aliphatic rings. The SMILES string of the molecule is CCCN1C(=O)C(Nc2cccc3ccccc23)=C(c2ccc(OC(C)C)cc2)C1=O. The zero-order chi connectivity index (χ0) is 22.0. The van der Waals surface area contributed by atoms with Crippen LogP contribution in [-0.2, 0) is 9.59 Å². The van der Waals surface area contributed by atoms with Crippen molar-refractivity contribution in [1.29, 1.82) is 0 Å². The molecule has 4 rings (SSSR count). The molecule has 1 heterocycles. The van der Waals surface area contributed by atoms with E-state index < -0.39 is 0 Å². The number of anilines is 1. The molecule has 5 nitrogen and oxygen atoms in total. The van der Waals surface area contributed by atoms with Gasteiger partial charge in [0.1, 0.15) is 11.4 Å². The summed E-state index contributed by atoms with van der Waals surface area (Å²) in [5, 5.41) is 5.34. The van der Waals surface area contributed by atoms with E-state index >= 15 is 0 Å². The lowest BCUT2D eigenvalue weighted by atomic mass is 10.0. The van der Waals surface area contributed by atoms with E-state index in [1.54, 1.807) is 0 Å². The lowest BCUT2D eigenvalue weighted by molar-refractivity contribution is -0.136. The lowest BCUT2D eigenvalue weighted by Crippen LogP contribution is -2.33. The number of nitrogens with one attached hydrogen (secondary N) is 1. The van der Waals surface area contributed by atoms with Crippen molar-refractivity contribution in [3.8, 4) is 5.75 Å². The molecule has 0 radical (unpaired) electrons. The van der Waals surface area contributed by atoms with Crippen LogP contribution in [0.2, 0.25) is 0 Å². The van der Waals surface area contributed by atoms with Crippen LogP contribution >= 0.6 is 0 Å². The topological polar surface area (TPSA) is 58.6 Å². The molecule has 0 bridgehead atoms. The number of fused-ring (bicyclic) bond motifs is 1. The maximum absolute atomic E-state index is 13.2. The molecule has 2 amide bonds. The second-order valence-electron chi connectivity index (χ2n) is 7.85. The van der Waals surface area contributed by atoms with Gasteiger partial charge in [-0.05, 0) is 49.4 Å². The van der Waals surface area contributed by atoms with E-state index in [1.807, 2.05) is 87.5 Å². The Morgan fingerprint density at radius 2 is 1.61 bits per heavy atom. The first kappa shape index (κ1) is 20.7. The molecule has 3 aromatic carbocycles. The first-order chi connectivity index (χ1) is 15.0. The molecule has 0 spiro atoms. The highest BCUT2D eigenvalue weighted by Gasteiger charge is 2.38. The van der Waals surface area contributed by atoms with Crippen molar-refractivity contribution in [2.75, 3.05) is 11.9 Å². The van der Waals surface area contributed by atoms with Gasteiger partial charge in [0.15, 0.2) is 0 Å². The van der Waals surface area contributed by atoms with E-state index in [9.17, 15) is 9.59 Å². The molecule has 0 aliphatic carbocycles. The van der Waals surface area contributed by atoms with E-state index in [0.29, 0.717) is 29.8 Å². The van der Waals surface area contributed by atoms with Crippen LogP contribution in [0.25, 0.3) is 16.3 Å². The number of hydrogen-bond donors (Lipinski definition) is 1. The molecule has 0 atom stereocenters. The minimum atomic E-state index is -0.294. The number of benzene rings is 3. The van der Waals surface area contributed by atoms with Crippen molar-refractivity contribution in [2.45, 2.75) is 33.3 Å². The Balaban J connectivity index is 1.78. The zero-order valence-electron chi connectivity index (χ0n) is 18.0. The standard InChI is InChI=1S/C26H26N2O3/c1-4-16-28-25(29)23(19-12-14-20(15-13-19)31-17(2)3)24(26(28)30)27-22-11-7-9-18-8-5-6-10-21(18)22/h5-15,17,27H,4,16H2,1-3H3. The van der Waals surface area contributed by atoms with Gasteiger partial charge in [0.05, 0.1) is 11.7 Å². The highest BCUT2D eigenvalue weighted by molar-refractivity contribution is 6.36. The Kier molecular flexibility index (Phi) is 5.76. The van der Waals surface area contributed by atoms with Gasteiger partial charge in [-0.2, -0.15) is 0 Å². The van der Waals surface area contributed by atoms with Gasteiger partial charge in [-0.1, -0.05) is 55.5 Å². The predicted octanol–water partition coefficient (Wildman–Crippen LogP) is 5.23. The molecule has 0 saturated carbocycles. The quantitative estimate of drug-likeness (QED) is 0.538. The van der Waals surface area contributed by atoms with Crippen LogP contribution in [0.3, 0.4) is 0 Å². The minimum Gasteiger partial charge on any atom is -0.491 e. The Labute approximate surface area is 182 Å². The van der Waals surface area contributed by atoms with Gasteiger partial charge < -0.3 is 10.1 Å². The molecular formula is C26H26N2O3. The van der Waals surface area contributed by atoms with E-state index in [4.69, 9.17) is 4.74 Å². The molecule has 0 aromatic heterocycles. The second kappa shape index (κ2) is 8.64. The summed E-state index contributed by atoms with van der Waals surface area (Å²) in [6.45, 7) is 6.26.